The van der Waals surface area contributed by atoms with E-state index in [2.05, 4.69) is 15.2 Å². The maximum absolute atomic E-state index is 12.1. The smallest absolute Gasteiger partial charge is 0.223 e. The second-order valence-electron chi connectivity index (χ2n) is 4.36. The molecule has 2 aromatic heterocycles. The van der Waals surface area contributed by atoms with E-state index in [0.29, 0.717) is 13.0 Å². The monoisotopic (exact) mass is 262 g/mol. The molecule has 1 amide bonds. The van der Waals surface area contributed by atoms with Crippen molar-refractivity contribution in [1.82, 2.24) is 20.1 Å². The third-order valence-electron chi connectivity index (χ3n) is 3.19. The number of nitrogens with one attached hydrogen (secondary N) is 1. The van der Waals surface area contributed by atoms with Gasteiger partial charge >= 0.3 is 0 Å². The molecule has 0 bridgehead atoms. The van der Waals surface area contributed by atoms with Gasteiger partial charge in [0.2, 0.25) is 5.91 Å². The quantitative estimate of drug-likeness (QED) is 0.909. The molecule has 0 fully saturated rings. The van der Waals surface area contributed by atoms with Crippen LogP contribution < -0.4 is 0 Å². The highest BCUT2D eigenvalue weighted by molar-refractivity contribution is 7.09. The first-order valence-corrected chi connectivity index (χ1v) is 6.88. The van der Waals surface area contributed by atoms with Gasteiger partial charge in [0.1, 0.15) is 0 Å². The Hall–Kier alpha value is -1.69. The SMILES string of the molecule is O=C(CCc1nccs1)N1CCc2[nH]ncc2C1. The minimum Gasteiger partial charge on any atom is -0.338 e. The van der Waals surface area contributed by atoms with E-state index in [9.17, 15) is 4.79 Å². The van der Waals surface area contributed by atoms with Gasteiger partial charge in [0, 0.05) is 55.2 Å². The molecule has 0 aromatic carbocycles. The van der Waals surface area contributed by atoms with Gasteiger partial charge in [-0.2, -0.15) is 5.10 Å². The zero-order chi connectivity index (χ0) is 12.4. The molecule has 0 radical (unpaired) electrons. The van der Waals surface area contributed by atoms with Crippen LogP contribution in [0, 0.1) is 0 Å². The fourth-order valence-electron chi connectivity index (χ4n) is 2.18. The van der Waals surface area contributed by atoms with E-state index in [0.717, 1.165) is 30.0 Å². The number of aromatic amines is 1. The van der Waals surface area contributed by atoms with E-state index in [4.69, 9.17) is 0 Å². The first-order valence-electron chi connectivity index (χ1n) is 6.00. The third kappa shape index (κ3) is 2.28. The molecule has 18 heavy (non-hydrogen) atoms. The molecule has 1 aliphatic rings. The average Bonchev–Trinajstić information content (AvgIpc) is 3.05. The van der Waals surface area contributed by atoms with Gasteiger partial charge in [-0.1, -0.05) is 0 Å². The van der Waals surface area contributed by atoms with E-state index >= 15 is 0 Å². The summed E-state index contributed by atoms with van der Waals surface area (Å²) in [6.07, 6.45) is 5.75. The number of hydrogen-bond donors (Lipinski definition) is 1. The van der Waals surface area contributed by atoms with Crippen LogP contribution >= 0.6 is 11.3 Å². The number of carbonyl (C=O) groups is 1. The molecule has 1 N–H and O–H groups in total. The van der Waals surface area contributed by atoms with E-state index in [-0.39, 0.29) is 5.91 Å². The molecule has 0 aliphatic carbocycles. The Bertz CT molecular complexity index is 534. The second kappa shape index (κ2) is 4.89. The van der Waals surface area contributed by atoms with Crippen molar-refractivity contribution in [3.63, 3.8) is 0 Å². The van der Waals surface area contributed by atoms with Crippen molar-refractivity contribution < 1.29 is 4.79 Å². The number of aromatic nitrogens is 3. The fourth-order valence-corrected chi connectivity index (χ4v) is 2.80. The lowest BCUT2D eigenvalue weighted by atomic mass is 10.1. The van der Waals surface area contributed by atoms with Crippen LogP contribution in [0.3, 0.4) is 0 Å². The van der Waals surface area contributed by atoms with Gasteiger partial charge in [-0.3, -0.25) is 9.89 Å². The molecular weight excluding hydrogens is 248 g/mol. The zero-order valence-corrected chi connectivity index (χ0v) is 10.7. The van der Waals surface area contributed by atoms with Crippen LogP contribution in [0.1, 0.15) is 22.7 Å². The van der Waals surface area contributed by atoms with Crippen LogP contribution in [-0.2, 0) is 24.2 Å². The number of amides is 1. The van der Waals surface area contributed by atoms with E-state index in [1.807, 2.05) is 16.5 Å². The topological polar surface area (TPSA) is 61.9 Å². The Kier molecular flexibility index (Phi) is 3.10. The molecule has 0 saturated carbocycles. The maximum atomic E-state index is 12.1. The number of hydrogen-bond acceptors (Lipinski definition) is 4. The van der Waals surface area contributed by atoms with Crippen molar-refractivity contribution in [2.75, 3.05) is 6.54 Å². The van der Waals surface area contributed by atoms with Crippen molar-refractivity contribution in [1.29, 1.82) is 0 Å². The number of rotatable bonds is 3. The van der Waals surface area contributed by atoms with Crippen molar-refractivity contribution in [2.24, 2.45) is 0 Å². The van der Waals surface area contributed by atoms with Crippen molar-refractivity contribution in [3.05, 3.63) is 34.0 Å². The van der Waals surface area contributed by atoms with Crippen molar-refractivity contribution in [2.45, 2.75) is 25.8 Å². The number of thiazole rings is 1. The molecule has 94 valence electrons. The van der Waals surface area contributed by atoms with Crippen LogP contribution in [0.4, 0.5) is 0 Å². The lowest BCUT2D eigenvalue weighted by Gasteiger charge is -2.26. The molecule has 2 aromatic rings. The highest BCUT2D eigenvalue weighted by Crippen LogP contribution is 2.17. The Morgan fingerprint density at radius 1 is 1.56 bits per heavy atom. The van der Waals surface area contributed by atoms with Gasteiger partial charge in [0.05, 0.1) is 11.2 Å². The molecular formula is C12H14N4OS. The molecule has 5 nitrogen and oxygen atoms in total. The van der Waals surface area contributed by atoms with Crippen molar-refractivity contribution >= 4 is 17.2 Å². The zero-order valence-electron chi connectivity index (χ0n) is 9.93. The van der Waals surface area contributed by atoms with E-state index in [1.54, 1.807) is 17.5 Å². The Morgan fingerprint density at radius 3 is 3.33 bits per heavy atom. The predicted octanol–water partition coefficient (Wildman–Crippen LogP) is 1.38. The average molecular weight is 262 g/mol. The number of aryl methyl sites for hydroxylation is 1. The minimum atomic E-state index is 0.206. The summed E-state index contributed by atoms with van der Waals surface area (Å²) in [5.74, 6) is 0.206. The molecule has 3 rings (SSSR count). The van der Waals surface area contributed by atoms with Gasteiger partial charge in [0.25, 0.3) is 0 Å². The third-order valence-corrected chi connectivity index (χ3v) is 4.03. The molecule has 0 atom stereocenters. The largest absolute Gasteiger partial charge is 0.338 e. The number of carbonyl (C=O) groups excluding carboxylic acids is 1. The lowest BCUT2D eigenvalue weighted by molar-refractivity contribution is -0.132. The maximum Gasteiger partial charge on any atom is 0.223 e. The van der Waals surface area contributed by atoms with Crippen molar-refractivity contribution in [3.8, 4) is 0 Å². The van der Waals surface area contributed by atoms with E-state index in [1.165, 1.54) is 5.69 Å². The summed E-state index contributed by atoms with van der Waals surface area (Å²) >= 11 is 1.60. The lowest BCUT2D eigenvalue weighted by Crippen LogP contribution is -2.35. The van der Waals surface area contributed by atoms with Crippen LogP contribution in [0.25, 0.3) is 0 Å². The predicted molar refractivity (Wildman–Crippen MR) is 68.1 cm³/mol. The fraction of sp³-hybridized carbons (Fsp3) is 0.417. The first-order chi connectivity index (χ1) is 8.83. The summed E-state index contributed by atoms with van der Waals surface area (Å²) in [5.41, 5.74) is 2.31. The summed E-state index contributed by atoms with van der Waals surface area (Å²) in [4.78, 5) is 18.2. The van der Waals surface area contributed by atoms with Crippen LogP contribution in [0.15, 0.2) is 17.8 Å². The number of nitrogens with zero attached hydrogens (tertiary/aromatic N) is 3. The molecule has 0 spiro atoms. The molecule has 1 aliphatic heterocycles. The van der Waals surface area contributed by atoms with Gasteiger partial charge in [0.15, 0.2) is 0 Å². The summed E-state index contributed by atoms with van der Waals surface area (Å²) in [6, 6.07) is 0. The highest BCUT2D eigenvalue weighted by atomic mass is 32.1. The molecule has 6 heteroatoms. The second-order valence-corrected chi connectivity index (χ2v) is 5.34. The number of fused-ring (bicyclic) bond motifs is 1. The molecule has 0 saturated heterocycles. The summed E-state index contributed by atoms with van der Waals surface area (Å²) in [5, 5.41) is 9.96. The summed E-state index contributed by atoms with van der Waals surface area (Å²) < 4.78 is 0. The highest BCUT2D eigenvalue weighted by Gasteiger charge is 2.21. The van der Waals surface area contributed by atoms with Gasteiger partial charge < -0.3 is 4.90 Å². The van der Waals surface area contributed by atoms with Crippen LogP contribution in [0.5, 0.6) is 0 Å². The Morgan fingerprint density at radius 2 is 2.50 bits per heavy atom. The number of H-pyrrole nitrogens is 1. The standard InChI is InChI=1S/C12H14N4OS/c17-12(2-1-11-13-4-6-18-11)16-5-3-10-9(8-16)7-14-15-10/h4,6-7H,1-3,5,8H2,(H,14,15). The van der Waals surface area contributed by atoms with Gasteiger partial charge in [-0.15, -0.1) is 11.3 Å². The van der Waals surface area contributed by atoms with Gasteiger partial charge in [-0.25, -0.2) is 4.98 Å². The minimum absolute atomic E-state index is 0.206. The van der Waals surface area contributed by atoms with Crippen LogP contribution in [0.2, 0.25) is 0 Å². The van der Waals surface area contributed by atoms with Gasteiger partial charge in [-0.05, 0) is 0 Å². The van der Waals surface area contributed by atoms with Crippen LogP contribution in [-0.4, -0.2) is 32.5 Å². The molecule has 0 unspecified atom stereocenters. The summed E-state index contributed by atoms with van der Waals surface area (Å²) in [6.45, 7) is 1.47. The first kappa shape index (κ1) is 11.4. The summed E-state index contributed by atoms with van der Waals surface area (Å²) in [7, 11) is 0. The normalized spacial score (nSPS) is 14.6. The molecule has 3 heterocycles. The Labute approximate surface area is 109 Å². The Balaban J connectivity index is 1.57. The van der Waals surface area contributed by atoms with E-state index < -0.39 is 0 Å².